The Morgan fingerprint density at radius 1 is 1.31 bits per heavy atom. The third-order valence-corrected chi connectivity index (χ3v) is 2.42. The molecule has 0 aromatic heterocycles. The summed E-state index contributed by atoms with van der Waals surface area (Å²) in [5.74, 6) is 0. The minimum absolute atomic E-state index is 0.0926. The average Bonchev–Trinajstić information content (AvgIpc) is 2.04. The van der Waals surface area contributed by atoms with Crippen molar-refractivity contribution in [2.75, 3.05) is 13.2 Å². The Morgan fingerprint density at radius 3 is 2.23 bits per heavy atom. The SMILES string of the molecule is CCC(C)(C)OCCC(C)(O)CN. The molecule has 80 valence electrons. The van der Waals surface area contributed by atoms with E-state index in [1.165, 1.54) is 0 Å². The molecule has 0 rings (SSSR count). The van der Waals surface area contributed by atoms with E-state index >= 15 is 0 Å². The van der Waals surface area contributed by atoms with Crippen LogP contribution in [0.25, 0.3) is 0 Å². The van der Waals surface area contributed by atoms with Crippen LogP contribution in [-0.4, -0.2) is 29.5 Å². The zero-order valence-corrected chi connectivity index (χ0v) is 9.26. The molecule has 0 spiro atoms. The van der Waals surface area contributed by atoms with Crippen molar-refractivity contribution in [1.29, 1.82) is 0 Å². The van der Waals surface area contributed by atoms with Gasteiger partial charge in [0.05, 0.1) is 17.8 Å². The zero-order valence-electron chi connectivity index (χ0n) is 9.26. The molecule has 3 heteroatoms. The predicted octanol–water partition coefficient (Wildman–Crippen LogP) is 1.29. The summed E-state index contributed by atoms with van der Waals surface area (Å²) >= 11 is 0. The number of ether oxygens (including phenoxy) is 1. The largest absolute Gasteiger partial charge is 0.389 e. The summed E-state index contributed by atoms with van der Waals surface area (Å²) in [5.41, 5.74) is 4.50. The van der Waals surface area contributed by atoms with Crippen molar-refractivity contribution < 1.29 is 9.84 Å². The fourth-order valence-electron chi connectivity index (χ4n) is 0.751. The molecule has 0 aliphatic heterocycles. The van der Waals surface area contributed by atoms with Crippen molar-refractivity contribution in [2.24, 2.45) is 5.73 Å². The van der Waals surface area contributed by atoms with Gasteiger partial charge in [0.1, 0.15) is 0 Å². The van der Waals surface area contributed by atoms with Crippen molar-refractivity contribution in [2.45, 2.75) is 51.7 Å². The van der Waals surface area contributed by atoms with Gasteiger partial charge in [0, 0.05) is 13.0 Å². The molecule has 0 bridgehead atoms. The van der Waals surface area contributed by atoms with Gasteiger partial charge in [-0.1, -0.05) is 6.92 Å². The van der Waals surface area contributed by atoms with Crippen LogP contribution in [0.4, 0.5) is 0 Å². The van der Waals surface area contributed by atoms with Gasteiger partial charge in [-0.3, -0.25) is 0 Å². The Bertz CT molecular complexity index is 128. The van der Waals surface area contributed by atoms with Crippen LogP contribution in [0.1, 0.15) is 40.5 Å². The summed E-state index contributed by atoms with van der Waals surface area (Å²) in [6.45, 7) is 8.75. The summed E-state index contributed by atoms with van der Waals surface area (Å²) in [6, 6.07) is 0. The molecule has 3 N–H and O–H groups in total. The Balaban J connectivity index is 3.68. The molecule has 0 aliphatic rings. The van der Waals surface area contributed by atoms with E-state index in [0.717, 1.165) is 6.42 Å². The highest BCUT2D eigenvalue weighted by Crippen LogP contribution is 2.16. The molecule has 1 atom stereocenters. The minimum atomic E-state index is -0.788. The second-order valence-corrected chi connectivity index (χ2v) is 4.41. The summed E-state index contributed by atoms with van der Waals surface area (Å²) in [5, 5.41) is 9.59. The number of rotatable bonds is 6. The first-order valence-corrected chi connectivity index (χ1v) is 4.89. The molecule has 13 heavy (non-hydrogen) atoms. The van der Waals surface area contributed by atoms with E-state index in [1.807, 2.05) is 13.8 Å². The predicted molar refractivity (Wildman–Crippen MR) is 54.6 cm³/mol. The van der Waals surface area contributed by atoms with Gasteiger partial charge in [-0.15, -0.1) is 0 Å². The molecule has 1 unspecified atom stereocenters. The van der Waals surface area contributed by atoms with E-state index in [2.05, 4.69) is 6.92 Å². The first-order valence-electron chi connectivity index (χ1n) is 4.89. The summed E-state index contributed by atoms with van der Waals surface area (Å²) in [4.78, 5) is 0. The molecule has 0 fully saturated rings. The molecule has 0 amide bonds. The van der Waals surface area contributed by atoms with E-state index < -0.39 is 5.60 Å². The normalized spacial score (nSPS) is 17.1. The van der Waals surface area contributed by atoms with Crippen molar-refractivity contribution in [3.8, 4) is 0 Å². The van der Waals surface area contributed by atoms with Crippen LogP contribution in [-0.2, 0) is 4.74 Å². The van der Waals surface area contributed by atoms with Crippen LogP contribution in [0, 0.1) is 0 Å². The van der Waals surface area contributed by atoms with E-state index in [1.54, 1.807) is 6.92 Å². The van der Waals surface area contributed by atoms with E-state index in [0.29, 0.717) is 13.0 Å². The highest BCUT2D eigenvalue weighted by Gasteiger charge is 2.20. The Labute approximate surface area is 81.3 Å². The second-order valence-electron chi connectivity index (χ2n) is 4.41. The molecule has 0 heterocycles. The quantitative estimate of drug-likeness (QED) is 0.662. The lowest BCUT2D eigenvalue weighted by molar-refractivity contribution is -0.0496. The van der Waals surface area contributed by atoms with Crippen molar-refractivity contribution in [3.05, 3.63) is 0 Å². The topological polar surface area (TPSA) is 55.5 Å². The van der Waals surface area contributed by atoms with Gasteiger partial charge in [-0.2, -0.15) is 0 Å². The van der Waals surface area contributed by atoms with Gasteiger partial charge >= 0.3 is 0 Å². The highest BCUT2D eigenvalue weighted by molar-refractivity contribution is 4.74. The van der Waals surface area contributed by atoms with Crippen LogP contribution >= 0.6 is 0 Å². The lowest BCUT2D eigenvalue weighted by Crippen LogP contribution is -2.36. The lowest BCUT2D eigenvalue weighted by Gasteiger charge is -2.27. The highest BCUT2D eigenvalue weighted by atomic mass is 16.5. The maximum atomic E-state index is 9.59. The third kappa shape index (κ3) is 6.02. The van der Waals surface area contributed by atoms with Gasteiger partial charge in [0.15, 0.2) is 0 Å². The number of aliphatic hydroxyl groups is 1. The number of hydrogen-bond donors (Lipinski definition) is 2. The van der Waals surface area contributed by atoms with Gasteiger partial charge < -0.3 is 15.6 Å². The van der Waals surface area contributed by atoms with Crippen LogP contribution in [0.3, 0.4) is 0 Å². The molecular weight excluding hydrogens is 166 g/mol. The van der Waals surface area contributed by atoms with Crippen LogP contribution in [0.2, 0.25) is 0 Å². The van der Waals surface area contributed by atoms with E-state index in [4.69, 9.17) is 10.5 Å². The second kappa shape index (κ2) is 4.94. The van der Waals surface area contributed by atoms with Gasteiger partial charge in [-0.05, 0) is 27.2 Å². The van der Waals surface area contributed by atoms with Gasteiger partial charge in [0.2, 0.25) is 0 Å². The molecule has 0 aromatic carbocycles. The Kier molecular flexibility index (Phi) is 4.89. The average molecular weight is 189 g/mol. The van der Waals surface area contributed by atoms with Crippen LogP contribution < -0.4 is 5.73 Å². The summed E-state index contributed by atoms with van der Waals surface area (Å²) in [7, 11) is 0. The summed E-state index contributed by atoms with van der Waals surface area (Å²) in [6.07, 6.45) is 1.56. The monoisotopic (exact) mass is 189 g/mol. The maximum Gasteiger partial charge on any atom is 0.0763 e. The first-order chi connectivity index (χ1) is 5.83. The van der Waals surface area contributed by atoms with Gasteiger partial charge in [-0.25, -0.2) is 0 Å². The smallest absolute Gasteiger partial charge is 0.0763 e. The molecule has 0 radical (unpaired) electrons. The van der Waals surface area contributed by atoms with E-state index in [-0.39, 0.29) is 12.1 Å². The Morgan fingerprint density at radius 2 is 1.85 bits per heavy atom. The summed E-state index contributed by atoms with van der Waals surface area (Å²) < 4.78 is 5.60. The lowest BCUT2D eigenvalue weighted by atomic mass is 10.0. The first kappa shape index (κ1) is 12.9. The zero-order chi connectivity index (χ0) is 10.5. The molecule has 0 aliphatic carbocycles. The number of nitrogens with two attached hydrogens (primary N) is 1. The van der Waals surface area contributed by atoms with Gasteiger partial charge in [0.25, 0.3) is 0 Å². The van der Waals surface area contributed by atoms with E-state index in [9.17, 15) is 5.11 Å². The van der Waals surface area contributed by atoms with Crippen molar-refractivity contribution in [3.63, 3.8) is 0 Å². The fraction of sp³-hybridized carbons (Fsp3) is 1.00. The van der Waals surface area contributed by atoms with Crippen molar-refractivity contribution >= 4 is 0 Å². The molecule has 0 saturated heterocycles. The standard InChI is InChI=1S/C10H23NO2/c1-5-9(2,3)13-7-6-10(4,12)8-11/h12H,5-8,11H2,1-4H3. The molecule has 0 saturated carbocycles. The fourth-order valence-corrected chi connectivity index (χ4v) is 0.751. The number of hydrogen-bond acceptors (Lipinski definition) is 3. The maximum absolute atomic E-state index is 9.59. The van der Waals surface area contributed by atoms with Crippen molar-refractivity contribution in [1.82, 2.24) is 0 Å². The van der Waals surface area contributed by atoms with Crippen LogP contribution in [0.15, 0.2) is 0 Å². The third-order valence-electron chi connectivity index (χ3n) is 2.42. The van der Waals surface area contributed by atoms with Crippen LogP contribution in [0.5, 0.6) is 0 Å². The molecule has 3 nitrogen and oxygen atoms in total. The molecule has 0 aromatic rings. The molecular formula is C10H23NO2. The minimum Gasteiger partial charge on any atom is -0.389 e. The Hall–Kier alpha value is -0.120.